The molecular weight excluding hydrogens is 414 g/mol. The zero-order chi connectivity index (χ0) is 24.2. The summed E-state index contributed by atoms with van der Waals surface area (Å²) in [6.45, 7) is 9.91. The molecule has 0 spiro atoms. The number of amides is 1. The fourth-order valence-electron chi connectivity index (χ4n) is 4.91. The SMILES string of the molecule is CC(C)C(OC(N)=O)C(=O)Oc1ccc(C2(c3ccccc3)CCCCC2)cc1C(C)(C)C. The van der Waals surface area contributed by atoms with Crippen molar-refractivity contribution in [2.45, 2.75) is 83.7 Å². The third-order valence-corrected chi connectivity index (χ3v) is 6.67. The lowest BCUT2D eigenvalue weighted by atomic mass is 9.64. The van der Waals surface area contributed by atoms with Crippen LogP contribution in [0.15, 0.2) is 48.5 Å². The molecule has 1 aliphatic carbocycles. The Balaban J connectivity index is 2.03. The van der Waals surface area contributed by atoms with Crippen molar-refractivity contribution in [1.82, 2.24) is 0 Å². The molecule has 178 valence electrons. The van der Waals surface area contributed by atoms with Gasteiger partial charge in [-0.25, -0.2) is 9.59 Å². The first kappa shape index (κ1) is 24.8. The first-order chi connectivity index (χ1) is 15.5. The summed E-state index contributed by atoms with van der Waals surface area (Å²) in [7, 11) is 0. The van der Waals surface area contributed by atoms with Crippen molar-refractivity contribution >= 4 is 12.1 Å². The van der Waals surface area contributed by atoms with Crippen LogP contribution in [0.25, 0.3) is 0 Å². The van der Waals surface area contributed by atoms with E-state index in [1.807, 2.05) is 6.07 Å². The molecule has 1 atom stereocenters. The van der Waals surface area contributed by atoms with E-state index in [0.717, 1.165) is 18.4 Å². The quantitative estimate of drug-likeness (QED) is 0.415. The van der Waals surface area contributed by atoms with Crippen LogP contribution in [0.5, 0.6) is 5.75 Å². The van der Waals surface area contributed by atoms with Crippen LogP contribution in [0.3, 0.4) is 0 Å². The van der Waals surface area contributed by atoms with Gasteiger partial charge < -0.3 is 15.2 Å². The van der Waals surface area contributed by atoms with Gasteiger partial charge in [-0.05, 0) is 35.4 Å². The molecule has 0 aromatic heterocycles. The largest absolute Gasteiger partial charge is 0.434 e. The number of hydrogen-bond acceptors (Lipinski definition) is 4. The van der Waals surface area contributed by atoms with Crippen LogP contribution in [0, 0.1) is 5.92 Å². The highest BCUT2D eigenvalue weighted by molar-refractivity contribution is 5.80. The van der Waals surface area contributed by atoms with Crippen LogP contribution in [-0.2, 0) is 20.4 Å². The van der Waals surface area contributed by atoms with Crippen molar-refractivity contribution in [1.29, 1.82) is 0 Å². The number of rotatable bonds is 6. The lowest BCUT2D eigenvalue weighted by Crippen LogP contribution is -2.37. The second kappa shape index (κ2) is 9.98. The van der Waals surface area contributed by atoms with Gasteiger partial charge in [-0.3, -0.25) is 0 Å². The molecule has 5 heteroatoms. The van der Waals surface area contributed by atoms with Crippen molar-refractivity contribution in [3.05, 3.63) is 65.2 Å². The van der Waals surface area contributed by atoms with Crippen molar-refractivity contribution in [2.75, 3.05) is 0 Å². The van der Waals surface area contributed by atoms with Gasteiger partial charge >= 0.3 is 12.1 Å². The van der Waals surface area contributed by atoms with Gasteiger partial charge in [0.05, 0.1) is 0 Å². The minimum atomic E-state index is -1.05. The Kier molecular flexibility index (Phi) is 7.51. The first-order valence-corrected chi connectivity index (χ1v) is 11.9. The van der Waals surface area contributed by atoms with E-state index < -0.39 is 18.2 Å². The fraction of sp³-hybridized carbons (Fsp3) is 0.500. The second-order valence-corrected chi connectivity index (χ2v) is 10.5. The van der Waals surface area contributed by atoms with Gasteiger partial charge in [-0.15, -0.1) is 0 Å². The van der Waals surface area contributed by atoms with E-state index in [2.05, 4.69) is 63.2 Å². The van der Waals surface area contributed by atoms with Gasteiger partial charge in [0.2, 0.25) is 6.10 Å². The molecular formula is C28H37NO4. The van der Waals surface area contributed by atoms with Gasteiger partial charge in [-0.1, -0.05) is 96.3 Å². The molecule has 1 aliphatic rings. The molecule has 0 radical (unpaired) electrons. The molecule has 33 heavy (non-hydrogen) atoms. The minimum absolute atomic E-state index is 0.0441. The lowest BCUT2D eigenvalue weighted by Gasteiger charge is -2.39. The van der Waals surface area contributed by atoms with Crippen LogP contribution < -0.4 is 10.5 Å². The van der Waals surface area contributed by atoms with Crippen molar-refractivity contribution in [3.8, 4) is 5.75 Å². The van der Waals surface area contributed by atoms with Crippen LogP contribution >= 0.6 is 0 Å². The van der Waals surface area contributed by atoms with Crippen LogP contribution in [0.2, 0.25) is 0 Å². The summed E-state index contributed by atoms with van der Waals surface area (Å²) < 4.78 is 10.8. The average molecular weight is 452 g/mol. The summed E-state index contributed by atoms with van der Waals surface area (Å²) in [5.74, 6) is -0.377. The fourth-order valence-corrected chi connectivity index (χ4v) is 4.91. The Hall–Kier alpha value is -2.82. The number of carbonyl (C=O) groups is 2. The molecule has 1 amide bonds. The molecule has 1 saturated carbocycles. The van der Waals surface area contributed by atoms with Gasteiger partial charge in [-0.2, -0.15) is 0 Å². The Morgan fingerprint density at radius 3 is 2.12 bits per heavy atom. The predicted molar refractivity (Wildman–Crippen MR) is 130 cm³/mol. The van der Waals surface area contributed by atoms with Gasteiger partial charge in [0.1, 0.15) is 5.75 Å². The van der Waals surface area contributed by atoms with Crippen molar-refractivity contribution in [3.63, 3.8) is 0 Å². The molecule has 1 unspecified atom stereocenters. The highest BCUT2D eigenvalue weighted by Crippen LogP contribution is 2.47. The van der Waals surface area contributed by atoms with Crippen LogP contribution in [0.1, 0.15) is 83.4 Å². The molecule has 2 aromatic carbocycles. The Labute approximate surface area is 197 Å². The average Bonchev–Trinajstić information content (AvgIpc) is 2.77. The van der Waals surface area contributed by atoms with E-state index in [9.17, 15) is 9.59 Å². The Bertz CT molecular complexity index is 969. The number of esters is 1. The number of nitrogens with two attached hydrogens (primary N) is 1. The highest BCUT2D eigenvalue weighted by atomic mass is 16.6. The molecule has 0 bridgehead atoms. The Morgan fingerprint density at radius 2 is 1.58 bits per heavy atom. The lowest BCUT2D eigenvalue weighted by molar-refractivity contribution is -0.146. The number of ether oxygens (including phenoxy) is 2. The normalized spacial score (nSPS) is 16.8. The number of hydrogen-bond donors (Lipinski definition) is 1. The topological polar surface area (TPSA) is 78.6 Å². The van der Waals surface area contributed by atoms with Crippen molar-refractivity contribution < 1.29 is 19.1 Å². The van der Waals surface area contributed by atoms with E-state index in [-0.39, 0.29) is 16.7 Å². The third-order valence-electron chi connectivity index (χ3n) is 6.67. The summed E-state index contributed by atoms with van der Waals surface area (Å²) in [6, 6.07) is 16.9. The summed E-state index contributed by atoms with van der Waals surface area (Å²) in [6.07, 6.45) is 3.80. The molecule has 0 aliphatic heterocycles. The monoisotopic (exact) mass is 451 g/mol. The summed E-state index contributed by atoms with van der Waals surface area (Å²) >= 11 is 0. The zero-order valence-corrected chi connectivity index (χ0v) is 20.5. The highest BCUT2D eigenvalue weighted by Gasteiger charge is 2.37. The summed E-state index contributed by atoms with van der Waals surface area (Å²) in [4.78, 5) is 24.2. The molecule has 0 heterocycles. The third kappa shape index (κ3) is 5.58. The predicted octanol–water partition coefficient (Wildman–Crippen LogP) is 6.26. The van der Waals surface area contributed by atoms with Gasteiger partial charge in [0.15, 0.2) is 0 Å². The Morgan fingerprint density at radius 1 is 0.939 bits per heavy atom. The van der Waals surface area contributed by atoms with E-state index in [0.29, 0.717) is 5.75 Å². The number of primary amides is 1. The first-order valence-electron chi connectivity index (χ1n) is 11.9. The summed E-state index contributed by atoms with van der Waals surface area (Å²) in [5, 5.41) is 0. The maximum Gasteiger partial charge on any atom is 0.405 e. The van der Waals surface area contributed by atoms with Crippen LogP contribution in [0.4, 0.5) is 4.79 Å². The van der Waals surface area contributed by atoms with E-state index >= 15 is 0 Å². The van der Waals surface area contributed by atoms with E-state index in [1.165, 1.54) is 30.4 Å². The zero-order valence-electron chi connectivity index (χ0n) is 20.5. The molecule has 2 aromatic rings. The van der Waals surface area contributed by atoms with E-state index in [1.54, 1.807) is 13.8 Å². The molecule has 2 N–H and O–H groups in total. The minimum Gasteiger partial charge on any atom is -0.434 e. The van der Waals surface area contributed by atoms with Crippen molar-refractivity contribution in [2.24, 2.45) is 11.7 Å². The van der Waals surface area contributed by atoms with Gasteiger partial charge in [0.25, 0.3) is 0 Å². The summed E-state index contributed by atoms with van der Waals surface area (Å²) in [5.41, 5.74) is 8.41. The number of carbonyl (C=O) groups excluding carboxylic acids is 2. The molecule has 3 rings (SSSR count). The van der Waals surface area contributed by atoms with Crippen LogP contribution in [-0.4, -0.2) is 18.2 Å². The second-order valence-electron chi connectivity index (χ2n) is 10.5. The maximum absolute atomic E-state index is 12.9. The van der Waals surface area contributed by atoms with E-state index in [4.69, 9.17) is 15.2 Å². The smallest absolute Gasteiger partial charge is 0.405 e. The van der Waals surface area contributed by atoms with Gasteiger partial charge in [0, 0.05) is 16.9 Å². The number of benzene rings is 2. The maximum atomic E-state index is 12.9. The molecule has 1 fully saturated rings. The molecule has 0 saturated heterocycles. The standard InChI is InChI=1S/C28H37NO4/c1-19(2)24(33-26(29)31)25(30)32-23-15-14-21(18-22(23)27(3,4)5)28(16-10-7-11-17-28)20-12-8-6-9-13-20/h6,8-9,12-15,18-19,24H,7,10-11,16-17H2,1-5H3,(H2,29,31). The molecule has 5 nitrogen and oxygen atoms in total.